The number of anilines is 1. The molecule has 0 radical (unpaired) electrons. The predicted molar refractivity (Wildman–Crippen MR) is 175 cm³/mol. The first-order chi connectivity index (χ1) is 22.9. The molecule has 4 aromatic rings. The van der Waals surface area contributed by atoms with Gasteiger partial charge in [0.15, 0.2) is 5.82 Å². The van der Waals surface area contributed by atoms with E-state index in [-0.39, 0.29) is 48.0 Å². The summed E-state index contributed by atoms with van der Waals surface area (Å²) in [5.41, 5.74) is -5.09. The fraction of sp³-hybridized carbons (Fsp3) is 0.429. The van der Waals surface area contributed by atoms with Gasteiger partial charge in [-0.25, -0.2) is 18.4 Å². The number of alkyl halides is 3. The van der Waals surface area contributed by atoms with Gasteiger partial charge in [0.25, 0.3) is 0 Å². The van der Waals surface area contributed by atoms with Gasteiger partial charge >= 0.3 is 18.0 Å². The van der Waals surface area contributed by atoms with E-state index in [1.165, 1.54) is 23.2 Å². The third-order valence-electron chi connectivity index (χ3n) is 8.40. The van der Waals surface area contributed by atoms with Gasteiger partial charge in [-0.15, -0.1) is 0 Å². The zero-order chi connectivity index (χ0) is 36.2. The molecule has 0 bridgehead atoms. The van der Waals surface area contributed by atoms with Crippen LogP contribution in [0.2, 0.25) is 0 Å². The van der Waals surface area contributed by atoms with Gasteiger partial charge in [-0.05, 0) is 69.9 Å². The largest absolute Gasteiger partial charge is 0.444 e. The zero-order valence-electron chi connectivity index (χ0n) is 28.2. The molecule has 2 aromatic carbocycles. The average Bonchev–Trinajstić information content (AvgIpc) is 3.00. The summed E-state index contributed by atoms with van der Waals surface area (Å²) >= 11 is 0. The van der Waals surface area contributed by atoms with Crippen molar-refractivity contribution in [2.45, 2.75) is 78.8 Å². The number of carbonyl (C=O) groups excluding carboxylic acids is 1. The molecule has 3 heterocycles. The van der Waals surface area contributed by atoms with Crippen molar-refractivity contribution in [1.82, 2.24) is 19.4 Å². The fourth-order valence-corrected chi connectivity index (χ4v) is 6.25. The van der Waals surface area contributed by atoms with Crippen molar-refractivity contribution in [2.24, 2.45) is 0 Å². The Kier molecular flexibility index (Phi) is 9.50. The minimum atomic E-state index is -5.20. The van der Waals surface area contributed by atoms with Gasteiger partial charge in [-0.3, -0.25) is 9.55 Å². The van der Waals surface area contributed by atoms with E-state index in [0.717, 1.165) is 10.6 Å². The summed E-state index contributed by atoms with van der Waals surface area (Å²) in [6, 6.07) is 4.92. The van der Waals surface area contributed by atoms with Crippen molar-refractivity contribution < 1.29 is 36.6 Å². The second kappa shape index (κ2) is 13.0. The van der Waals surface area contributed by atoms with Crippen molar-refractivity contribution >= 4 is 22.8 Å². The molecule has 1 N–H and O–H groups in total. The number of carbonyl (C=O) groups is 1. The first-order valence-electron chi connectivity index (χ1n) is 15.8. The molecular formula is C35H38F5N5O4. The first-order valence-corrected chi connectivity index (χ1v) is 15.8. The molecule has 5 rings (SSSR count). The number of fused-ring (bicyclic) bond motifs is 1. The number of amides is 1. The van der Waals surface area contributed by atoms with Crippen molar-refractivity contribution in [2.75, 3.05) is 24.5 Å². The second-order valence-corrected chi connectivity index (χ2v) is 13.5. The van der Waals surface area contributed by atoms with Crippen LogP contribution in [0.25, 0.3) is 27.7 Å². The number of hydrogen-bond donors (Lipinski definition) is 1. The van der Waals surface area contributed by atoms with Gasteiger partial charge in [0.1, 0.15) is 17.2 Å². The molecule has 0 spiro atoms. The Labute approximate surface area is 280 Å². The van der Waals surface area contributed by atoms with Crippen molar-refractivity contribution in [3.63, 3.8) is 0 Å². The van der Waals surface area contributed by atoms with Crippen molar-refractivity contribution in [3.05, 3.63) is 81.0 Å². The number of pyridine rings is 1. The Morgan fingerprint density at radius 2 is 1.80 bits per heavy atom. The van der Waals surface area contributed by atoms with Gasteiger partial charge < -0.3 is 19.6 Å². The van der Waals surface area contributed by atoms with Crippen LogP contribution in [0.1, 0.15) is 69.8 Å². The Hall–Kier alpha value is -4.59. The van der Waals surface area contributed by atoms with E-state index in [9.17, 15) is 27.9 Å². The van der Waals surface area contributed by atoms with E-state index in [1.807, 2.05) is 0 Å². The number of aliphatic hydroxyl groups is 1. The highest BCUT2D eigenvalue weighted by molar-refractivity contribution is 5.96. The highest BCUT2D eigenvalue weighted by Gasteiger charge is 2.40. The number of ether oxygens (including phenoxy) is 1. The van der Waals surface area contributed by atoms with Crippen LogP contribution >= 0.6 is 0 Å². The summed E-state index contributed by atoms with van der Waals surface area (Å²) in [6.45, 7) is 11.4. The summed E-state index contributed by atoms with van der Waals surface area (Å²) in [5.74, 6) is -3.25. The molecular weight excluding hydrogens is 649 g/mol. The summed E-state index contributed by atoms with van der Waals surface area (Å²) in [7, 11) is 0. The van der Waals surface area contributed by atoms with Gasteiger partial charge in [0, 0.05) is 48.4 Å². The minimum absolute atomic E-state index is 0.0296. The van der Waals surface area contributed by atoms with Crippen LogP contribution in [0.4, 0.5) is 32.6 Å². The number of hydrogen-bond acceptors (Lipinski definition) is 7. The number of rotatable bonds is 5. The maximum Gasteiger partial charge on any atom is 0.417 e. The quantitative estimate of drug-likeness (QED) is 0.223. The van der Waals surface area contributed by atoms with Crippen LogP contribution in [0.15, 0.2) is 41.3 Å². The normalized spacial score (nSPS) is 15.8. The van der Waals surface area contributed by atoms with Crippen LogP contribution in [0.5, 0.6) is 0 Å². The second-order valence-electron chi connectivity index (χ2n) is 13.5. The number of halogens is 5. The molecule has 1 atom stereocenters. The smallest absolute Gasteiger partial charge is 0.417 e. The molecule has 1 aliphatic rings. The highest BCUT2D eigenvalue weighted by Crippen LogP contribution is 2.45. The van der Waals surface area contributed by atoms with Crippen molar-refractivity contribution in [3.8, 4) is 16.8 Å². The molecule has 2 aromatic heterocycles. The van der Waals surface area contributed by atoms with Crippen LogP contribution < -0.4 is 10.6 Å². The lowest BCUT2D eigenvalue weighted by Gasteiger charge is -2.41. The number of aromatic nitrogens is 3. The molecule has 49 heavy (non-hydrogen) atoms. The van der Waals surface area contributed by atoms with Gasteiger partial charge in [-0.2, -0.15) is 18.2 Å². The Bertz CT molecular complexity index is 1990. The standard InChI is InChI=1S/C35H38F5N5O4/c1-18(2)28-29(19(3)11-12-41-28)45-30-22(15-23(35(38,39)40)26(27(30)37)25-21(17-46)9-8-10-24(25)36)31(42-32(45)47)44-14-13-43(16-20(44)4)33(48)49-34(5,6)7/h8-12,15,18,20,46H,13-14,16-17H2,1-7H3/t20-/m0/s1. The topological polar surface area (TPSA) is 101 Å². The summed E-state index contributed by atoms with van der Waals surface area (Å²) in [5, 5.41) is 9.64. The summed E-state index contributed by atoms with van der Waals surface area (Å²) in [6.07, 6.45) is -4.28. The Balaban J connectivity index is 1.88. The third kappa shape index (κ3) is 6.70. The minimum Gasteiger partial charge on any atom is -0.444 e. The van der Waals surface area contributed by atoms with Gasteiger partial charge in [-0.1, -0.05) is 26.0 Å². The van der Waals surface area contributed by atoms with Crippen LogP contribution in [-0.2, 0) is 17.5 Å². The fourth-order valence-electron chi connectivity index (χ4n) is 6.25. The molecule has 1 saturated heterocycles. The van der Waals surface area contributed by atoms with Gasteiger partial charge in [0.05, 0.1) is 29.1 Å². The molecule has 0 saturated carbocycles. The van der Waals surface area contributed by atoms with E-state index < -0.39 is 70.1 Å². The molecule has 0 aliphatic carbocycles. The first kappa shape index (κ1) is 35.7. The van der Waals surface area contributed by atoms with E-state index in [1.54, 1.807) is 59.4 Å². The van der Waals surface area contributed by atoms with Crippen LogP contribution in [0.3, 0.4) is 0 Å². The predicted octanol–water partition coefficient (Wildman–Crippen LogP) is 7.11. The molecule has 1 fully saturated rings. The molecule has 1 aliphatic heterocycles. The number of aryl methyl sites for hydroxylation is 1. The number of benzene rings is 2. The maximum absolute atomic E-state index is 17.4. The maximum atomic E-state index is 17.4. The van der Waals surface area contributed by atoms with E-state index in [0.29, 0.717) is 17.3 Å². The number of nitrogens with zero attached hydrogens (tertiary/aromatic N) is 5. The lowest BCUT2D eigenvalue weighted by atomic mass is 9.92. The van der Waals surface area contributed by atoms with Crippen LogP contribution in [-0.4, -0.2) is 61.9 Å². The molecule has 0 unspecified atom stereocenters. The monoisotopic (exact) mass is 687 g/mol. The van der Waals surface area contributed by atoms with Crippen molar-refractivity contribution in [1.29, 1.82) is 0 Å². The van der Waals surface area contributed by atoms with Gasteiger partial charge in [0.2, 0.25) is 0 Å². The van der Waals surface area contributed by atoms with E-state index in [2.05, 4.69) is 9.97 Å². The van der Waals surface area contributed by atoms with E-state index >= 15 is 8.78 Å². The average molecular weight is 688 g/mol. The SMILES string of the molecule is Cc1ccnc(C(C)C)c1-n1c(=O)nc(N2CCN(C(=O)OC(C)(C)C)C[C@@H]2C)c2cc(C(F)(F)F)c(-c3c(F)cccc3CO)c(F)c21. The number of aliphatic hydroxyl groups excluding tert-OH is 1. The molecule has 9 nitrogen and oxygen atoms in total. The molecule has 262 valence electrons. The Morgan fingerprint density at radius 1 is 1.10 bits per heavy atom. The number of piperazine rings is 1. The highest BCUT2D eigenvalue weighted by atomic mass is 19.4. The lowest BCUT2D eigenvalue weighted by Crippen LogP contribution is -2.55. The lowest BCUT2D eigenvalue weighted by molar-refractivity contribution is -0.137. The molecule has 1 amide bonds. The Morgan fingerprint density at radius 3 is 2.39 bits per heavy atom. The summed E-state index contributed by atoms with van der Waals surface area (Å²) in [4.78, 5) is 38.6. The van der Waals surface area contributed by atoms with Crippen LogP contribution in [0, 0.1) is 18.6 Å². The summed E-state index contributed by atoms with van der Waals surface area (Å²) < 4.78 is 84.0. The zero-order valence-corrected chi connectivity index (χ0v) is 28.2. The van der Waals surface area contributed by atoms with E-state index in [4.69, 9.17) is 4.74 Å². The third-order valence-corrected chi connectivity index (χ3v) is 8.40. The molecule has 14 heteroatoms.